The third kappa shape index (κ3) is 4.07. The fraction of sp³-hybridized carbons (Fsp3) is 0.200. The lowest BCUT2D eigenvalue weighted by Crippen LogP contribution is -2.48. The van der Waals surface area contributed by atoms with Crippen LogP contribution in [0.15, 0.2) is 48.7 Å². The molecule has 0 atom stereocenters. The molecule has 2 heterocycles. The van der Waals surface area contributed by atoms with Gasteiger partial charge in [-0.15, -0.1) is 0 Å². The van der Waals surface area contributed by atoms with E-state index in [9.17, 15) is 19.5 Å². The summed E-state index contributed by atoms with van der Waals surface area (Å²) in [6.07, 6.45) is 4.47. The molecule has 0 saturated carbocycles. The van der Waals surface area contributed by atoms with Crippen LogP contribution in [-0.4, -0.2) is 54.7 Å². The predicted octanol–water partition coefficient (Wildman–Crippen LogP) is 1.82. The highest BCUT2D eigenvalue weighted by atomic mass is 16.5. The topological polar surface area (TPSA) is 100 Å². The Balaban J connectivity index is 1.96. The van der Waals surface area contributed by atoms with Gasteiger partial charge in [0.2, 0.25) is 5.91 Å². The first-order valence-electron chi connectivity index (χ1n) is 8.58. The maximum absolute atomic E-state index is 12.8. The van der Waals surface area contributed by atoms with Crippen LogP contribution in [0.3, 0.4) is 0 Å². The molecular weight excluding hydrogens is 362 g/mol. The quantitative estimate of drug-likeness (QED) is 0.766. The zero-order valence-electron chi connectivity index (χ0n) is 15.2. The fourth-order valence-electron chi connectivity index (χ4n) is 2.89. The Kier molecular flexibility index (Phi) is 5.81. The van der Waals surface area contributed by atoms with E-state index >= 15 is 0 Å². The molecule has 8 heteroatoms. The average Bonchev–Trinajstić information content (AvgIpc) is 2.71. The van der Waals surface area contributed by atoms with E-state index in [1.165, 1.54) is 41.2 Å². The summed E-state index contributed by atoms with van der Waals surface area (Å²) in [5, 5.41) is 9.30. The van der Waals surface area contributed by atoms with E-state index < -0.39 is 11.9 Å². The van der Waals surface area contributed by atoms with Gasteiger partial charge in [0.1, 0.15) is 6.54 Å². The molecule has 1 aliphatic rings. The second-order valence-corrected chi connectivity index (χ2v) is 6.06. The summed E-state index contributed by atoms with van der Waals surface area (Å²) in [7, 11) is 1.53. The number of hydrogen-bond acceptors (Lipinski definition) is 5. The number of ether oxygens (including phenoxy) is 1. The monoisotopic (exact) mass is 381 g/mol. The highest BCUT2D eigenvalue weighted by molar-refractivity contribution is 6.15. The number of aromatic carboxylic acids is 1. The number of nitrogens with zero attached hydrogens (tertiary/aromatic N) is 3. The first-order valence-corrected chi connectivity index (χ1v) is 8.58. The molecule has 144 valence electrons. The Labute approximate surface area is 161 Å². The van der Waals surface area contributed by atoms with E-state index in [1.54, 1.807) is 30.5 Å². The SMILES string of the molecule is COCCN1C(=O)CN(C(=O)/C=C/c2ccccn2)c2cc(C(=O)O)ccc21. The zero-order valence-corrected chi connectivity index (χ0v) is 15.2. The molecular formula is C20H19N3O5. The average molecular weight is 381 g/mol. The number of pyridine rings is 1. The number of carboxylic acid groups (broad SMARTS) is 1. The third-order valence-corrected chi connectivity index (χ3v) is 4.27. The van der Waals surface area contributed by atoms with Gasteiger partial charge in [-0.2, -0.15) is 0 Å². The molecule has 1 aromatic heterocycles. The van der Waals surface area contributed by atoms with Crippen molar-refractivity contribution < 1.29 is 24.2 Å². The van der Waals surface area contributed by atoms with Crippen LogP contribution < -0.4 is 9.80 Å². The van der Waals surface area contributed by atoms with Crippen LogP contribution in [-0.2, 0) is 14.3 Å². The smallest absolute Gasteiger partial charge is 0.335 e. The molecule has 0 bridgehead atoms. The number of carbonyl (C=O) groups is 3. The van der Waals surface area contributed by atoms with Crippen molar-refractivity contribution in [2.45, 2.75) is 0 Å². The highest BCUT2D eigenvalue weighted by Gasteiger charge is 2.32. The van der Waals surface area contributed by atoms with Crippen molar-refractivity contribution in [1.82, 2.24) is 4.98 Å². The summed E-state index contributed by atoms with van der Waals surface area (Å²) < 4.78 is 5.05. The van der Waals surface area contributed by atoms with Crippen LogP contribution in [0.4, 0.5) is 11.4 Å². The minimum Gasteiger partial charge on any atom is -0.478 e. The summed E-state index contributed by atoms with van der Waals surface area (Å²) in [5.41, 5.74) is 1.47. The Morgan fingerprint density at radius 1 is 1.25 bits per heavy atom. The highest BCUT2D eigenvalue weighted by Crippen LogP contribution is 2.34. The van der Waals surface area contributed by atoms with Crippen LogP contribution in [0.5, 0.6) is 0 Å². The van der Waals surface area contributed by atoms with Crippen LogP contribution in [0.2, 0.25) is 0 Å². The Hall–Kier alpha value is -3.52. The van der Waals surface area contributed by atoms with Crippen LogP contribution in [0, 0.1) is 0 Å². The maximum Gasteiger partial charge on any atom is 0.335 e. The van der Waals surface area contributed by atoms with Crippen molar-refractivity contribution in [2.75, 3.05) is 36.6 Å². The van der Waals surface area contributed by atoms with Crippen LogP contribution in [0.25, 0.3) is 6.08 Å². The summed E-state index contributed by atoms with van der Waals surface area (Å²) in [6.45, 7) is 0.436. The molecule has 1 aromatic carbocycles. The summed E-state index contributed by atoms with van der Waals surface area (Å²) in [5.74, 6) is -1.82. The molecule has 2 aromatic rings. The lowest BCUT2D eigenvalue weighted by atomic mass is 10.1. The first-order chi connectivity index (χ1) is 13.5. The minimum atomic E-state index is -1.11. The Morgan fingerprint density at radius 3 is 2.75 bits per heavy atom. The molecule has 0 radical (unpaired) electrons. The number of rotatable bonds is 6. The summed E-state index contributed by atoms with van der Waals surface area (Å²) >= 11 is 0. The molecule has 1 N–H and O–H groups in total. The number of aromatic nitrogens is 1. The van der Waals surface area contributed by atoms with Gasteiger partial charge >= 0.3 is 5.97 Å². The normalized spacial score (nSPS) is 13.7. The number of amides is 2. The molecule has 3 rings (SSSR count). The number of hydrogen-bond donors (Lipinski definition) is 1. The predicted molar refractivity (Wildman–Crippen MR) is 103 cm³/mol. The molecule has 8 nitrogen and oxygen atoms in total. The summed E-state index contributed by atoms with van der Waals surface area (Å²) in [4.78, 5) is 43.6. The minimum absolute atomic E-state index is 0.0336. The molecule has 0 unspecified atom stereocenters. The van der Waals surface area contributed by atoms with Crippen molar-refractivity contribution in [2.24, 2.45) is 0 Å². The van der Waals surface area contributed by atoms with Crippen molar-refractivity contribution in [1.29, 1.82) is 0 Å². The molecule has 0 aliphatic carbocycles. The largest absolute Gasteiger partial charge is 0.478 e. The van der Waals surface area contributed by atoms with Gasteiger partial charge in [0.25, 0.3) is 5.91 Å². The van der Waals surface area contributed by atoms with Gasteiger partial charge in [-0.25, -0.2) is 4.79 Å². The van der Waals surface area contributed by atoms with E-state index in [0.29, 0.717) is 30.2 Å². The van der Waals surface area contributed by atoms with E-state index in [1.807, 2.05) is 0 Å². The fourth-order valence-corrected chi connectivity index (χ4v) is 2.89. The van der Waals surface area contributed by atoms with E-state index in [0.717, 1.165) is 0 Å². The standard InChI is InChI=1S/C20H19N3O5/c1-28-11-10-22-16-7-5-14(20(26)27)12-17(16)23(13-19(22)25)18(24)8-6-15-4-2-3-9-21-15/h2-9,12H,10-11,13H2,1H3,(H,26,27)/b8-6+. The second-order valence-electron chi connectivity index (χ2n) is 6.06. The molecule has 2 amide bonds. The van der Waals surface area contributed by atoms with E-state index in [-0.39, 0.29) is 18.0 Å². The Bertz CT molecular complexity index is 927. The number of anilines is 2. The number of fused-ring (bicyclic) bond motifs is 1. The van der Waals surface area contributed by atoms with Crippen molar-refractivity contribution in [3.8, 4) is 0 Å². The first kappa shape index (κ1) is 19.2. The van der Waals surface area contributed by atoms with Gasteiger partial charge in [-0.1, -0.05) is 6.07 Å². The van der Waals surface area contributed by atoms with Gasteiger partial charge in [0.15, 0.2) is 0 Å². The summed E-state index contributed by atoms with van der Waals surface area (Å²) in [6, 6.07) is 9.65. The number of methoxy groups -OCH3 is 1. The third-order valence-electron chi connectivity index (χ3n) is 4.27. The van der Waals surface area contributed by atoms with Crippen LogP contribution >= 0.6 is 0 Å². The van der Waals surface area contributed by atoms with Crippen LogP contribution in [0.1, 0.15) is 16.1 Å². The van der Waals surface area contributed by atoms with E-state index in [2.05, 4.69) is 4.98 Å². The molecule has 0 fully saturated rings. The number of carbonyl (C=O) groups excluding carboxylic acids is 2. The van der Waals surface area contributed by atoms with Gasteiger partial charge in [0.05, 0.1) is 29.2 Å². The number of carboxylic acids is 1. The van der Waals surface area contributed by atoms with Crippen molar-refractivity contribution in [3.63, 3.8) is 0 Å². The number of benzene rings is 1. The van der Waals surface area contributed by atoms with Crippen molar-refractivity contribution >= 4 is 35.2 Å². The van der Waals surface area contributed by atoms with E-state index in [4.69, 9.17) is 4.74 Å². The van der Waals surface area contributed by atoms with Crippen molar-refractivity contribution in [3.05, 3.63) is 59.9 Å². The van der Waals surface area contributed by atoms with Gasteiger partial charge < -0.3 is 14.7 Å². The molecule has 1 aliphatic heterocycles. The lowest BCUT2D eigenvalue weighted by molar-refractivity contribution is -0.121. The lowest BCUT2D eigenvalue weighted by Gasteiger charge is -2.35. The molecule has 0 saturated heterocycles. The van der Waals surface area contributed by atoms with Gasteiger partial charge in [0, 0.05) is 25.9 Å². The second kappa shape index (κ2) is 8.45. The van der Waals surface area contributed by atoms with Gasteiger partial charge in [-0.05, 0) is 36.4 Å². The molecule has 28 heavy (non-hydrogen) atoms. The zero-order chi connectivity index (χ0) is 20.1. The Morgan fingerprint density at radius 2 is 2.07 bits per heavy atom. The molecule has 0 spiro atoms. The maximum atomic E-state index is 12.8. The van der Waals surface area contributed by atoms with Gasteiger partial charge in [-0.3, -0.25) is 19.5 Å².